The third-order valence-corrected chi connectivity index (χ3v) is 5.89. The number of hydrogen-bond acceptors (Lipinski definition) is 5. The highest BCUT2D eigenvalue weighted by Gasteiger charge is 2.29. The van der Waals surface area contributed by atoms with E-state index < -0.39 is 6.35 Å². The largest absolute Gasteiger partial charge is 0.507 e. The molecule has 0 aromatic heterocycles. The predicted molar refractivity (Wildman–Crippen MR) is 114 cm³/mol. The van der Waals surface area contributed by atoms with Crippen molar-refractivity contribution in [3.05, 3.63) is 88.6 Å². The summed E-state index contributed by atoms with van der Waals surface area (Å²) in [6, 6.07) is 7.21. The third-order valence-electron chi connectivity index (χ3n) is 5.89. The van der Waals surface area contributed by atoms with Gasteiger partial charge in [-0.15, -0.1) is 0 Å². The van der Waals surface area contributed by atoms with Gasteiger partial charge in [-0.05, 0) is 53.7 Å². The zero-order valence-corrected chi connectivity index (χ0v) is 16.4. The number of fused-ring (bicyclic) bond motifs is 2. The van der Waals surface area contributed by atoms with E-state index in [0.29, 0.717) is 17.3 Å². The van der Waals surface area contributed by atoms with Crippen molar-refractivity contribution in [2.24, 2.45) is 10.9 Å². The highest BCUT2D eigenvalue weighted by atomic mass is 16.5. The minimum Gasteiger partial charge on any atom is -0.507 e. The van der Waals surface area contributed by atoms with Gasteiger partial charge >= 0.3 is 0 Å². The fourth-order valence-electron chi connectivity index (χ4n) is 4.35. The van der Waals surface area contributed by atoms with E-state index in [-0.39, 0.29) is 11.9 Å². The fourth-order valence-corrected chi connectivity index (χ4v) is 4.35. The molecule has 5 nitrogen and oxygen atoms in total. The molecule has 0 radical (unpaired) electrons. The van der Waals surface area contributed by atoms with Crippen molar-refractivity contribution in [2.75, 3.05) is 7.11 Å². The summed E-state index contributed by atoms with van der Waals surface area (Å²) in [5, 5.41) is 17.1. The number of nitrogens with zero attached hydrogens (tertiary/aromatic N) is 1. The van der Waals surface area contributed by atoms with Crippen molar-refractivity contribution < 1.29 is 9.84 Å². The van der Waals surface area contributed by atoms with Crippen LogP contribution in [0.3, 0.4) is 0 Å². The Morgan fingerprint density at radius 1 is 1.17 bits per heavy atom. The Bertz CT molecular complexity index is 1010. The predicted octanol–water partition coefficient (Wildman–Crippen LogP) is 3.68. The van der Waals surface area contributed by atoms with Gasteiger partial charge in [0.15, 0.2) is 0 Å². The number of aromatic hydroxyl groups is 1. The van der Waals surface area contributed by atoms with Crippen LogP contribution >= 0.6 is 0 Å². The van der Waals surface area contributed by atoms with Crippen LogP contribution in [0.1, 0.15) is 24.8 Å². The van der Waals surface area contributed by atoms with Crippen molar-refractivity contribution in [3.8, 4) is 5.75 Å². The molecule has 0 saturated carbocycles. The molecule has 1 aromatic carbocycles. The van der Waals surface area contributed by atoms with Crippen molar-refractivity contribution in [1.82, 2.24) is 10.6 Å². The molecular formula is C24H25N3O2. The van der Waals surface area contributed by atoms with Gasteiger partial charge < -0.3 is 15.2 Å². The second-order valence-electron chi connectivity index (χ2n) is 7.75. The summed E-state index contributed by atoms with van der Waals surface area (Å²) in [6.07, 6.45) is 16.5. The number of phenolic OH excluding ortho intramolecular Hbond substituents is 1. The van der Waals surface area contributed by atoms with Gasteiger partial charge in [-0.25, -0.2) is 10.3 Å². The SMILES string of the molecule is COC1N=C(c2ccccc2O)NC(C2=CCC3C=C4CCC=CC4=CC3=C2)N1. The molecule has 1 aliphatic heterocycles. The third kappa shape index (κ3) is 3.48. The summed E-state index contributed by atoms with van der Waals surface area (Å²) in [6.45, 7) is 0. The first kappa shape index (κ1) is 18.2. The van der Waals surface area contributed by atoms with Crippen LogP contribution in [0.25, 0.3) is 0 Å². The summed E-state index contributed by atoms with van der Waals surface area (Å²) >= 11 is 0. The van der Waals surface area contributed by atoms with Gasteiger partial charge in [0.25, 0.3) is 0 Å². The highest BCUT2D eigenvalue weighted by Crippen LogP contribution is 2.38. The number of rotatable bonds is 3. The van der Waals surface area contributed by atoms with Gasteiger partial charge in [0.05, 0.1) is 5.56 Å². The second kappa shape index (κ2) is 7.50. The summed E-state index contributed by atoms with van der Waals surface area (Å²) in [5.41, 5.74) is 6.00. The Hall–Kier alpha value is -2.89. The minimum atomic E-state index is -0.481. The average Bonchev–Trinajstić information content (AvgIpc) is 2.77. The van der Waals surface area contributed by atoms with Crippen molar-refractivity contribution in [3.63, 3.8) is 0 Å². The molecule has 0 fully saturated rings. The van der Waals surface area contributed by atoms with Crippen LogP contribution in [0.5, 0.6) is 5.75 Å². The fraction of sp³-hybridized carbons (Fsp3) is 0.292. The first-order chi connectivity index (χ1) is 14.2. The van der Waals surface area contributed by atoms with Crippen LogP contribution in [-0.2, 0) is 4.74 Å². The zero-order valence-electron chi connectivity index (χ0n) is 16.4. The Morgan fingerprint density at radius 3 is 2.93 bits per heavy atom. The Balaban J connectivity index is 1.43. The second-order valence-corrected chi connectivity index (χ2v) is 7.75. The van der Waals surface area contributed by atoms with Crippen LogP contribution in [-0.4, -0.2) is 30.6 Å². The molecule has 5 heteroatoms. The van der Waals surface area contributed by atoms with Crippen LogP contribution in [0.2, 0.25) is 0 Å². The average molecular weight is 387 g/mol. The standard InChI is InChI=1S/C24H25N3O2/c1-29-24-26-22(25-23(27-24)20-8-4-5-9-21(20)28)18-11-10-17-12-15-6-2-3-7-16(15)13-19(17)14-18/h3-5,7-9,11-14,17,22,24,26,28H,2,6,10H2,1H3,(H,25,27). The number of ether oxygens (including phenoxy) is 1. The normalized spacial score (nSPS) is 28.0. The number of methoxy groups -OCH3 is 1. The van der Waals surface area contributed by atoms with Crippen LogP contribution < -0.4 is 10.6 Å². The van der Waals surface area contributed by atoms with Gasteiger partial charge in [-0.2, -0.15) is 0 Å². The maximum atomic E-state index is 10.3. The lowest BCUT2D eigenvalue weighted by molar-refractivity contribution is 0.0670. The van der Waals surface area contributed by atoms with Gasteiger partial charge in [0.2, 0.25) is 6.35 Å². The van der Waals surface area contributed by atoms with E-state index in [1.807, 2.05) is 12.1 Å². The van der Waals surface area contributed by atoms with Crippen molar-refractivity contribution in [2.45, 2.75) is 31.8 Å². The highest BCUT2D eigenvalue weighted by molar-refractivity contribution is 6.01. The van der Waals surface area contributed by atoms with Crippen LogP contribution in [0.15, 0.2) is 88.0 Å². The Labute approximate surface area is 170 Å². The first-order valence-electron chi connectivity index (χ1n) is 10.1. The maximum absolute atomic E-state index is 10.3. The molecule has 0 saturated heterocycles. The molecule has 0 bridgehead atoms. The lowest BCUT2D eigenvalue weighted by Gasteiger charge is -2.34. The number of nitrogens with one attached hydrogen (secondary N) is 2. The first-order valence-corrected chi connectivity index (χ1v) is 10.1. The van der Waals surface area contributed by atoms with E-state index in [2.05, 4.69) is 52.1 Å². The topological polar surface area (TPSA) is 65.9 Å². The van der Waals surface area contributed by atoms with Gasteiger partial charge in [0.1, 0.15) is 17.8 Å². The molecule has 5 rings (SSSR count). The smallest absolute Gasteiger partial charge is 0.208 e. The van der Waals surface area contributed by atoms with E-state index in [4.69, 9.17) is 4.74 Å². The van der Waals surface area contributed by atoms with E-state index in [0.717, 1.165) is 24.8 Å². The molecule has 0 amide bonds. The number of aliphatic imine (C=N–C) groups is 1. The number of para-hydroxylation sites is 1. The molecule has 29 heavy (non-hydrogen) atoms. The molecule has 3 unspecified atom stereocenters. The van der Waals surface area contributed by atoms with Crippen LogP contribution in [0.4, 0.5) is 0 Å². The summed E-state index contributed by atoms with van der Waals surface area (Å²) in [5.74, 6) is 1.28. The van der Waals surface area contributed by atoms with Gasteiger partial charge in [0, 0.05) is 13.0 Å². The summed E-state index contributed by atoms with van der Waals surface area (Å²) in [7, 11) is 1.63. The lowest BCUT2D eigenvalue weighted by Crippen LogP contribution is -2.55. The molecule has 3 aliphatic carbocycles. The van der Waals surface area contributed by atoms with E-state index in [1.165, 1.54) is 16.7 Å². The number of allylic oxidation sites excluding steroid dienone is 8. The number of hydrogen-bond donors (Lipinski definition) is 3. The molecule has 3 N–H and O–H groups in total. The molecule has 1 aromatic rings. The van der Waals surface area contributed by atoms with E-state index in [1.54, 1.807) is 19.2 Å². The molecule has 4 aliphatic rings. The monoisotopic (exact) mass is 387 g/mol. The molecule has 148 valence electrons. The number of amidine groups is 1. The maximum Gasteiger partial charge on any atom is 0.208 e. The minimum absolute atomic E-state index is 0.147. The van der Waals surface area contributed by atoms with Gasteiger partial charge in [-0.1, -0.05) is 48.6 Å². The lowest BCUT2D eigenvalue weighted by atomic mass is 9.78. The Kier molecular flexibility index (Phi) is 4.70. The van der Waals surface area contributed by atoms with E-state index in [9.17, 15) is 5.11 Å². The van der Waals surface area contributed by atoms with Crippen LogP contribution in [0, 0.1) is 5.92 Å². The quantitative estimate of drug-likeness (QED) is 0.740. The van der Waals surface area contributed by atoms with Gasteiger partial charge in [-0.3, -0.25) is 0 Å². The summed E-state index contributed by atoms with van der Waals surface area (Å²) in [4.78, 5) is 4.55. The number of phenols is 1. The van der Waals surface area contributed by atoms with Crippen molar-refractivity contribution >= 4 is 5.84 Å². The molecule has 0 spiro atoms. The zero-order chi connectivity index (χ0) is 19.8. The molecule has 1 heterocycles. The van der Waals surface area contributed by atoms with Crippen molar-refractivity contribution in [1.29, 1.82) is 0 Å². The molecule has 3 atom stereocenters. The number of benzene rings is 1. The van der Waals surface area contributed by atoms with E-state index >= 15 is 0 Å². The Morgan fingerprint density at radius 2 is 2.07 bits per heavy atom. The summed E-state index contributed by atoms with van der Waals surface area (Å²) < 4.78 is 5.48. The molecular weight excluding hydrogens is 362 g/mol.